The Bertz CT molecular complexity index is 588. The maximum atomic E-state index is 9.45. The Kier molecular flexibility index (Phi) is 4.98. The summed E-state index contributed by atoms with van der Waals surface area (Å²) in [4.78, 5) is 9.67. The molecule has 0 fully saturated rings. The second kappa shape index (κ2) is 6.72. The molecule has 0 saturated carbocycles. The van der Waals surface area contributed by atoms with E-state index in [2.05, 4.69) is 9.97 Å². The number of aliphatic hydroxyl groups is 1. The van der Waals surface area contributed by atoms with E-state index in [0.29, 0.717) is 17.3 Å². The van der Waals surface area contributed by atoms with Gasteiger partial charge in [0.25, 0.3) is 0 Å². The monoisotopic (exact) mass is 290 g/mol. The largest absolute Gasteiger partial charge is 0.453 e. The van der Waals surface area contributed by atoms with Gasteiger partial charge >= 0.3 is 0 Å². The van der Waals surface area contributed by atoms with Crippen molar-refractivity contribution in [2.45, 2.75) is 31.3 Å². The minimum Gasteiger partial charge on any atom is -0.453 e. The molecule has 0 amide bonds. The molecule has 2 rings (SSSR count). The van der Waals surface area contributed by atoms with Crippen LogP contribution in [0.15, 0.2) is 35.4 Å². The molecule has 1 aromatic heterocycles. The van der Waals surface area contributed by atoms with Crippen molar-refractivity contribution in [1.82, 2.24) is 9.97 Å². The number of rotatable bonds is 5. The summed E-state index contributed by atoms with van der Waals surface area (Å²) < 4.78 is 5.85. The van der Waals surface area contributed by atoms with E-state index in [1.165, 1.54) is 0 Å². The molecule has 2 aromatic rings. The Morgan fingerprint density at radius 3 is 2.65 bits per heavy atom. The molecule has 0 unspecified atom stereocenters. The van der Waals surface area contributed by atoms with Gasteiger partial charge in [-0.25, -0.2) is 9.97 Å². The van der Waals surface area contributed by atoms with Crippen molar-refractivity contribution < 1.29 is 9.84 Å². The predicted molar refractivity (Wildman–Crippen MR) is 80.3 cm³/mol. The van der Waals surface area contributed by atoms with Gasteiger partial charge in [0.15, 0.2) is 5.75 Å². The van der Waals surface area contributed by atoms with E-state index in [9.17, 15) is 5.11 Å². The Hall–Kier alpha value is -1.59. The highest BCUT2D eigenvalue weighted by molar-refractivity contribution is 7.98. The van der Waals surface area contributed by atoms with Crippen LogP contribution in [0.4, 0.5) is 0 Å². The number of benzene rings is 1. The first-order valence-corrected chi connectivity index (χ1v) is 7.65. The Balaban J connectivity index is 2.33. The summed E-state index contributed by atoms with van der Waals surface area (Å²) in [6, 6.07) is 7.76. The molecule has 106 valence electrons. The van der Waals surface area contributed by atoms with E-state index in [0.717, 1.165) is 10.6 Å². The van der Waals surface area contributed by atoms with E-state index in [1.54, 1.807) is 18.0 Å². The number of ether oxygens (including phenoxy) is 1. The molecule has 4 nitrogen and oxygen atoms in total. The molecular formula is C15H18N2O2S. The average molecular weight is 290 g/mol. The highest BCUT2D eigenvalue weighted by atomic mass is 32.2. The van der Waals surface area contributed by atoms with Gasteiger partial charge in [-0.3, -0.25) is 0 Å². The molecule has 1 aromatic carbocycles. The number of hydrogen-bond donors (Lipinski definition) is 1. The van der Waals surface area contributed by atoms with Crippen molar-refractivity contribution in [3.8, 4) is 11.5 Å². The Morgan fingerprint density at radius 1 is 1.25 bits per heavy atom. The molecular weight excluding hydrogens is 272 g/mol. The summed E-state index contributed by atoms with van der Waals surface area (Å²) in [5, 5.41) is 9.45. The Morgan fingerprint density at radius 2 is 2.00 bits per heavy atom. The second-order valence-corrected chi connectivity index (χ2v) is 5.45. The normalized spacial score (nSPS) is 10.8. The maximum Gasteiger partial charge on any atom is 0.169 e. The van der Waals surface area contributed by atoms with E-state index in [4.69, 9.17) is 4.74 Å². The van der Waals surface area contributed by atoms with Crippen LogP contribution in [-0.2, 0) is 6.61 Å². The van der Waals surface area contributed by atoms with Crippen LogP contribution in [-0.4, -0.2) is 21.3 Å². The molecule has 0 aliphatic heterocycles. The zero-order valence-corrected chi connectivity index (χ0v) is 12.6. The number of nitrogens with zero attached hydrogens (tertiary/aromatic N) is 2. The van der Waals surface area contributed by atoms with Gasteiger partial charge in [0.1, 0.15) is 17.3 Å². The molecule has 0 spiro atoms. The first kappa shape index (κ1) is 14.8. The summed E-state index contributed by atoms with van der Waals surface area (Å²) in [5.74, 6) is 2.17. The van der Waals surface area contributed by atoms with Crippen LogP contribution in [0, 0.1) is 0 Å². The summed E-state index contributed by atoms with van der Waals surface area (Å²) in [5.41, 5.74) is 0.514. The number of aromatic nitrogens is 2. The van der Waals surface area contributed by atoms with Gasteiger partial charge in [-0.05, 0) is 18.4 Å². The van der Waals surface area contributed by atoms with E-state index < -0.39 is 0 Å². The third-order valence-electron chi connectivity index (χ3n) is 2.80. The van der Waals surface area contributed by atoms with Gasteiger partial charge in [0.05, 0.1) is 12.8 Å². The minimum atomic E-state index is -0.168. The molecule has 0 saturated heterocycles. The van der Waals surface area contributed by atoms with Gasteiger partial charge in [0.2, 0.25) is 0 Å². The van der Waals surface area contributed by atoms with Crippen LogP contribution >= 0.6 is 11.8 Å². The fourth-order valence-corrected chi connectivity index (χ4v) is 2.25. The predicted octanol–water partition coefficient (Wildman–Crippen LogP) is 3.61. The Labute approximate surface area is 123 Å². The van der Waals surface area contributed by atoms with Gasteiger partial charge < -0.3 is 9.84 Å². The van der Waals surface area contributed by atoms with Gasteiger partial charge in [0, 0.05) is 10.8 Å². The van der Waals surface area contributed by atoms with Crippen molar-refractivity contribution in [3.63, 3.8) is 0 Å². The van der Waals surface area contributed by atoms with Gasteiger partial charge in [-0.1, -0.05) is 26.0 Å². The van der Waals surface area contributed by atoms with E-state index in [-0.39, 0.29) is 12.5 Å². The van der Waals surface area contributed by atoms with Crippen LogP contribution in [0.1, 0.15) is 31.3 Å². The average Bonchev–Trinajstić information content (AvgIpc) is 2.48. The molecule has 1 heterocycles. The number of thioether (sulfide) groups is 1. The fraction of sp³-hybridized carbons (Fsp3) is 0.333. The van der Waals surface area contributed by atoms with Crippen molar-refractivity contribution in [3.05, 3.63) is 42.0 Å². The SMILES string of the molecule is CSc1ccccc1Oc1cnc(C(C)C)nc1CO. The number of aliphatic hydroxyl groups excluding tert-OH is 1. The summed E-state index contributed by atoms with van der Waals surface area (Å²) in [6.45, 7) is 3.86. The molecule has 20 heavy (non-hydrogen) atoms. The quantitative estimate of drug-likeness (QED) is 0.853. The first-order chi connectivity index (χ1) is 9.65. The topological polar surface area (TPSA) is 55.2 Å². The van der Waals surface area contributed by atoms with Crippen molar-refractivity contribution in [1.29, 1.82) is 0 Å². The van der Waals surface area contributed by atoms with Crippen molar-refractivity contribution in [2.75, 3.05) is 6.26 Å². The molecule has 0 radical (unpaired) electrons. The molecule has 0 atom stereocenters. The van der Waals surface area contributed by atoms with E-state index >= 15 is 0 Å². The molecule has 0 bridgehead atoms. The lowest BCUT2D eigenvalue weighted by Crippen LogP contribution is -2.03. The zero-order chi connectivity index (χ0) is 14.5. The van der Waals surface area contributed by atoms with Crippen LogP contribution in [0.2, 0.25) is 0 Å². The lowest BCUT2D eigenvalue weighted by atomic mass is 10.2. The molecule has 1 N–H and O–H groups in total. The van der Waals surface area contributed by atoms with E-state index in [1.807, 2.05) is 44.4 Å². The molecule has 0 aliphatic rings. The zero-order valence-electron chi connectivity index (χ0n) is 11.8. The minimum absolute atomic E-state index is 0.168. The highest BCUT2D eigenvalue weighted by Gasteiger charge is 2.12. The number of para-hydroxylation sites is 1. The first-order valence-electron chi connectivity index (χ1n) is 6.43. The third-order valence-corrected chi connectivity index (χ3v) is 3.58. The number of hydrogen-bond acceptors (Lipinski definition) is 5. The second-order valence-electron chi connectivity index (χ2n) is 4.60. The highest BCUT2D eigenvalue weighted by Crippen LogP contribution is 2.32. The smallest absolute Gasteiger partial charge is 0.169 e. The van der Waals surface area contributed by atoms with Crippen LogP contribution in [0.3, 0.4) is 0 Å². The van der Waals surface area contributed by atoms with Crippen molar-refractivity contribution in [2.24, 2.45) is 0 Å². The van der Waals surface area contributed by atoms with Crippen LogP contribution in [0.25, 0.3) is 0 Å². The molecule has 5 heteroatoms. The summed E-state index contributed by atoms with van der Waals surface area (Å²) in [6.07, 6.45) is 3.62. The van der Waals surface area contributed by atoms with Crippen LogP contribution in [0.5, 0.6) is 11.5 Å². The molecule has 0 aliphatic carbocycles. The summed E-state index contributed by atoms with van der Waals surface area (Å²) in [7, 11) is 0. The maximum absolute atomic E-state index is 9.45. The van der Waals surface area contributed by atoms with Gasteiger partial charge in [-0.2, -0.15) is 0 Å². The van der Waals surface area contributed by atoms with Crippen LogP contribution < -0.4 is 4.74 Å². The lowest BCUT2D eigenvalue weighted by molar-refractivity contribution is 0.269. The fourth-order valence-electron chi connectivity index (χ4n) is 1.72. The van der Waals surface area contributed by atoms with Crippen molar-refractivity contribution >= 4 is 11.8 Å². The lowest BCUT2D eigenvalue weighted by Gasteiger charge is -2.13. The standard InChI is InChI=1S/C15H18N2O2S/c1-10(2)15-16-8-13(11(9-18)17-15)19-12-6-4-5-7-14(12)20-3/h4-8,10,18H,9H2,1-3H3. The summed E-state index contributed by atoms with van der Waals surface area (Å²) >= 11 is 1.61. The third kappa shape index (κ3) is 3.29. The van der Waals surface area contributed by atoms with Gasteiger partial charge in [-0.15, -0.1) is 11.8 Å².